The Kier molecular flexibility index (Phi) is 4.85. The number of nitrogens with one attached hydrogen (secondary N) is 1. The molecule has 24 heavy (non-hydrogen) atoms. The summed E-state index contributed by atoms with van der Waals surface area (Å²) < 4.78 is 6.90. The Morgan fingerprint density at radius 3 is 2.71 bits per heavy atom. The van der Waals surface area contributed by atoms with Crippen LogP contribution in [0.25, 0.3) is 5.69 Å². The summed E-state index contributed by atoms with van der Waals surface area (Å²) in [4.78, 5) is 23.8. The van der Waals surface area contributed by atoms with Gasteiger partial charge in [0.2, 0.25) is 0 Å². The van der Waals surface area contributed by atoms with Crippen LogP contribution < -0.4 is 5.32 Å². The molecular formula is C16H18N4O4. The summed E-state index contributed by atoms with van der Waals surface area (Å²) in [6, 6.07) is 5.75. The maximum absolute atomic E-state index is 12.3. The third-order valence-corrected chi connectivity index (χ3v) is 4.04. The number of carboxylic acids is 1. The van der Waals surface area contributed by atoms with Crippen molar-refractivity contribution in [3.8, 4) is 5.69 Å². The van der Waals surface area contributed by atoms with Gasteiger partial charge in [-0.3, -0.25) is 4.79 Å². The van der Waals surface area contributed by atoms with Crippen LogP contribution in [0.5, 0.6) is 0 Å². The Morgan fingerprint density at radius 2 is 2.12 bits per heavy atom. The fourth-order valence-electron chi connectivity index (χ4n) is 2.75. The van der Waals surface area contributed by atoms with Crippen LogP contribution in [0.2, 0.25) is 0 Å². The van der Waals surface area contributed by atoms with Crippen LogP contribution >= 0.6 is 0 Å². The van der Waals surface area contributed by atoms with Gasteiger partial charge in [0.25, 0.3) is 5.91 Å². The van der Waals surface area contributed by atoms with E-state index in [1.807, 2.05) is 0 Å². The molecule has 2 aromatic rings. The Balaban J connectivity index is 1.69. The number of carboxylic acid groups (broad SMARTS) is 1. The minimum atomic E-state index is -1.04. The standard InChI is InChI=1S/C16H18N4O4/c21-15(18-14(16(22)23)12-2-1-9-24-10-12)11-3-5-13(6-4-11)20-8-7-17-19-20/h3-8,12,14H,1-2,9-10H2,(H,18,21)(H,22,23). The molecule has 126 valence electrons. The molecule has 2 unspecified atom stereocenters. The van der Waals surface area contributed by atoms with Gasteiger partial charge < -0.3 is 15.2 Å². The van der Waals surface area contributed by atoms with Gasteiger partial charge in [-0.2, -0.15) is 0 Å². The highest BCUT2D eigenvalue weighted by Crippen LogP contribution is 2.18. The van der Waals surface area contributed by atoms with E-state index in [1.165, 1.54) is 0 Å². The van der Waals surface area contributed by atoms with Crippen molar-refractivity contribution in [2.75, 3.05) is 13.2 Å². The van der Waals surface area contributed by atoms with E-state index in [1.54, 1.807) is 41.3 Å². The van der Waals surface area contributed by atoms with Crippen molar-refractivity contribution < 1.29 is 19.4 Å². The van der Waals surface area contributed by atoms with Crippen LogP contribution in [-0.4, -0.2) is 51.2 Å². The van der Waals surface area contributed by atoms with Crippen molar-refractivity contribution >= 4 is 11.9 Å². The number of ether oxygens (including phenoxy) is 1. The Morgan fingerprint density at radius 1 is 1.33 bits per heavy atom. The van der Waals surface area contributed by atoms with Gasteiger partial charge in [0.1, 0.15) is 6.04 Å². The maximum atomic E-state index is 12.3. The van der Waals surface area contributed by atoms with Gasteiger partial charge >= 0.3 is 5.97 Å². The number of carbonyl (C=O) groups is 2. The Bertz CT molecular complexity index is 693. The van der Waals surface area contributed by atoms with Gasteiger partial charge in [-0.05, 0) is 37.1 Å². The van der Waals surface area contributed by atoms with Crippen LogP contribution in [0.4, 0.5) is 0 Å². The van der Waals surface area contributed by atoms with E-state index in [2.05, 4.69) is 15.6 Å². The number of hydrogen-bond donors (Lipinski definition) is 2. The zero-order valence-corrected chi connectivity index (χ0v) is 13.0. The van der Waals surface area contributed by atoms with Crippen LogP contribution in [0.15, 0.2) is 36.7 Å². The van der Waals surface area contributed by atoms with E-state index in [0.29, 0.717) is 18.8 Å². The number of rotatable bonds is 5. The summed E-state index contributed by atoms with van der Waals surface area (Å²) in [6.07, 6.45) is 4.78. The van der Waals surface area contributed by atoms with Crippen molar-refractivity contribution in [1.29, 1.82) is 0 Å². The first-order valence-corrected chi connectivity index (χ1v) is 7.73. The fraction of sp³-hybridized carbons (Fsp3) is 0.375. The van der Waals surface area contributed by atoms with Gasteiger partial charge in [0.15, 0.2) is 0 Å². The molecule has 1 amide bonds. The molecule has 2 heterocycles. The average Bonchev–Trinajstić information content (AvgIpc) is 3.15. The maximum Gasteiger partial charge on any atom is 0.326 e. The topological polar surface area (TPSA) is 106 Å². The molecule has 1 aliphatic rings. The van der Waals surface area contributed by atoms with E-state index in [-0.39, 0.29) is 5.92 Å². The highest BCUT2D eigenvalue weighted by Gasteiger charge is 2.31. The SMILES string of the molecule is O=C(NC(C(=O)O)C1CCCOC1)c1ccc(-n2ccnn2)cc1. The molecule has 0 aliphatic carbocycles. The zero-order valence-electron chi connectivity index (χ0n) is 13.0. The first-order chi connectivity index (χ1) is 11.6. The zero-order chi connectivity index (χ0) is 16.9. The van der Waals surface area contributed by atoms with Crippen LogP contribution in [0.3, 0.4) is 0 Å². The first kappa shape index (κ1) is 16.1. The summed E-state index contributed by atoms with van der Waals surface area (Å²) in [5.41, 5.74) is 1.15. The molecule has 2 N–H and O–H groups in total. The summed E-state index contributed by atoms with van der Waals surface area (Å²) >= 11 is 0. The summed E-state index contributed by atoms with van der Waals surface area (Å²) in [5, 5.41) is 19.6. The average molecular weight is 330 g/mol. The number of aromatic nitrogens is 3. The van der Waals surface area contributed by atoms with Crippen molar-refractivity contribution in [3.63, 3.8) is 0 Å². The molecule has 0 spiro atoms. The number of carbonyl (C=O) groups excluding carboxylic acids is 1. The first-order valence-electron chi connectivity index (χ1n) is 7.73. The van der Waals surface area contributed by atoms with Gasteiger partial charge in [-0.25, -0.2) is 9.48 Å². The number of aliphatic carboxylic acids is 1. The monoisotopic (exact) mass is 330 g/mol. The van der Waals surface area contributed by atoms with Crippen LogP contribution in [0.1, 0.15) is 23.2 Å². The molecule has 2 atom stereocenters. The number of nitrogens with zero attached hydrogens (tertiary/aromatic N) is 3. The minimum Gasteiger partial charge on any atom is -0.480 e. The second kappa shape index (κ2) is 7.22. The Hall–Kier alpha value is -2.74. The Labute approximate surface area is 138 Å². The molecular weight excluding hydrogens is 312 g/mol. The number of hydrogen-bond acceptors (Lipinski definition) is 5. The normalized spacial score (nSPS) is 18.8. The lowest BCUT2D eigenvalue weighted by Crippen LogP contribution is -2.48. The van der Waals surface area contributed by atoms with Crippen LogP contribution in [-0.2, 0) is 9.53 Å². The largest absolute Gasteiger partial charge is 0.480 e. The van der Waals surface area contributed by atoms with E-state index < -0.39 is 17.9 Å². The predicted molar refractivity (Wildman–Crippen MR) is 83.8 cm³/mol. The van der Waals surface area contributed by atoms with E-state index in [4.69, 9.17) is 4.74 Å². The van der Waals surface area contributed by atoms with E-state index in [9.17, 15) is 14.7 Å². The van der Waals surface area contributed by atoms with Gasteiger partial charge in [-0.1, -0.05) is 5.21 Å². The molecule has 0 radical (unpaired) electrons. The molecule has 1 aliphatic heterocycles. The van der Waals surface area contributed by atoms with Gasteiger partial charge in [-0.15, -0.1) is 5.10 Å². The molecule has 1 aromatic carbocycles. The van der Waals surface area contributed by atoms with Crippen molar-refractivity contribution in [2.45, 2.75) is 18.9 Å². The quantitative estimate of drug-likeness (QED) is 0.843. The van der Waals surface area contributed by atoms with Gasteiger partial charge in [0, 0.05) is 18.1 Å². The fourth-order valence-corrected chi connectivity index (χ4v) is 2.75. The summed E-state index contributed by atoms with van der Waals surface area (Å²) in [7, 11) is 0. The van der Waals surface area contributed by atoms with Crippen molar-refractivity contribution in [2.24, 2.45) is 5.92 Å². The highest BCUT2D eigenvalue weighted by atomic mass is 16.5. The molecule has 3 rings (SSSR count). The molecule has 1 saturated heterocycles. The molecule has 8 nitrogen and oxygen atoms in total. The van der Waals surface area contributed by atoms with Crippen molar-refractivity contribution in [3.05, 3.63) is 42.2 Å². The third-order valence-electron chi connectivity index (χ3n) is 4.04. The molecule has 1 aromatic heterocycles. The second-order valence-electron chi connectivity index (χ2n) is 5.66. The minimum absolute atomic E-state index is 0.213. The predicted octanol–water partition coefficient (Wildman–Crippen LogP) is 0.877. The van der Waals surface area contributed by atoms with E-state index >= 15 is 0 Å². The van der Waals surface area contributed by atoms with Gasteiger partial charge in [0.05, 0.1) is 24.7 Å². The lowest BCUT2D eigenvalue weighted by atomic mass is 9.93. The lowest BCUT2D eigenvalue weighted by molar-refractivity contribution is -0.142. The number of benzene rings is 1. The third kappa shape index (κ3) is 3.60. The summed E-state index contributed by atoms with van der Waals surface area (Å²) in [5.74, 6) is -1.68. The second-order valence-corrected chi connectivity index (χ2v) is 5.66. The molecule has 0 saturated carbocycles. The highest BCUT2D eigenvalue weighted by molar-refractivity contribution is 5.96. The van der Waals surface area contributed by atoms with Crippen LogP contribution in [0, 0.1) is 5.92 Å². The molecule has 1 fully saturated rings. The lowest BCUT2D eigenvalue weighted by Gasteiger charge is -2.28. The smallest absolute Gasteiger partial charge is 0.326 e. The number of amides is 1. The molecule has 8 heteroatoms. The summed E-state index contributed by atoms with van der Waals surface area (Å²) in [6.45, 7) is 0.989. The van der Waals surface area contributed by atoms with E-state index in [0.717, 1.165) is 18.5 Å². The molecule has 0 bridgehead atoms. The van der Waals surface area contributed by atoms with Crippen molar-refractivity contribution in [1.82, 2.24) is 20.3 Å².